The molecule has 3 heterocycles. The molecule has 1 saturated carbocycles. The summed E-state index contributed by atoms with van der Waals surface area (Å²) in [5, 5.41) is 11.5. The fourth-order valence-corrected chi connectivity index (χ4v) is 5.86. The summed E-state index contributed by atoms with van der Waals surface area (Å²) in [5.74, 6) is -1.42. The Morgan fingerprint density at radius 1 is 1.46 bits per heavy atom. The molecule has 6 atom stereocenters. The first-order chi connectivity index (χ1) is 11.3. The van der Waals surface area contributed by atoms with Crippen molar-refractivity contribution in [3.05, 3.63) is 23.8 Å². The Bertz CT molecular complexity index is 708. The van der Waals surface area contributed by atoms with Gasteiger partial charge in [-0.25, -0.2) is 0 Å². The van der Waals surface area contributed by atoms with Gasteiger partial charge in [-0.2, -0.15) is 0 Å². The van der Waals surface area contributed by atoms with Crippen LogP contribution >= 0.6 is 0 Å². The summed E-state index contributed by atoms with van der Waals surface area (Å²) in [4.78, 5) is 26.3. The van der Waals surface area contributed by atoms with Crippen LogP contribution in [-0.4, -0.2) is 41.6 Å². The maximum absolute atomic E-state index is 12.9. The Kier molecular flexibility index (Phi) is 2.64. The molecule has 1 spiro atoms. The molecule has 2 saturated heterocycles. The summed E-state index contributed by atoms with van der Waals surface area (Å²) in [6, 6.07) is 0. The molecule has 0 aromatic carbocycles. The normalized spacial score (nSPS) is 46.8. The Morgan fingerprint density at radius 2 is 2.25 bits per heavy atom. The number of allylic oxidation sites excluding steroid dienone is 1. The van der Waals surface area contributed by atoms with Crippen molar-refractivity contribution in [3.63, 3.8) is 0 Å². The van der Waals surface area contributed by atoms with E-state index in [1.165, 1.54) is 12.0 Å². The molecule has 0 radical (unpaired) electrons. The van der Waals surface area contributed by atoms with Crippen molar-refractivity contribution in [2.45, 2.75) is 38.4 Å². The molecule has 0 unspecified atom stereocenters. The van der Waals surface area contributed by atoms with Crippen LogP contribution in [0.15, 0.2) is 23.8 Å². The highest BCUT2D eigenvalue weighted by Crippen LogP contribution is 2.59. The number of carbonyl (C=O) groups is 2. The average molecular weight is 328 g/mol. The number of carbonyl (C=O) groups excluding carboxylic acids is 2. The minimum atomic E-state index is -1.17. The van der Waals surface area contributed by atoms with Crippen molar-refractivity contribution < 1.29 is 19.4 Å². The average Bonchev–Trinajstić information content (AvgIpc) is 3.16. The number of nitrogens with zero attached hydrogens (tertiary/aromatic N) is 1. The summed E-state index contributed by atoms with van der Waals surface area (Å²) >= 11 is 0. The van der Waals surface area contributed by atoms with E-state index in [2.05, 4.69) is 19.9 Å². The molecule has 6 aliphatic rings. The molecule has 6 rings (SSSR count). The number of carboxylic acid groups (broad SMARTS) is 1. The van der Waals surface area contributed by atoms with Gasteiger partial charge in [0.05, 0.1) is 18.6 Å². The standard InChI is InChI=1S/C19H23NO4/c1-18(2)11-4-3-10(12(18)7-11)8-20-9-19-6-5-13(24-19)14(17(22)23)15(19)16(20)21/h3,5-6,11-15H,4,7-9H2,1-2H3,(H,22,23)/p-1/t11-,12-,13-,14-,15-,19+/m0/s1. The van der Waals surface area contributed by atoms with Crippen molar-refractivity contribution in [2.24, 2.45) is 29.1 Å². The van der Waals surface area contributed by atoms with Crippen molar-refractivity contribution in [2.75, 3.05) is 13.1 Å². The quantitative estimate of drug-likeness (QED) is 0.708. The first kappa shape index (κ1) is 14.7. The molecule has 0 aromatic rings. The third-order valence-electron chi connectivity index (χ3n) is 7.41. The summed E-state index contributed by atoms with van der Waals surface area (Å²) in [5.41, 5.74) is 0.915. The molecule has 0 N–H and O–H groups in total. The van der Waals surface area contributed by atoms with Gasteiger partial charge >= 0.3 is 0 Å². The number of hydrogen-bond acceptors (Lipinski definition) is 4. The minimum absolute atomic E-state index is 0.0868. The predicted molar refractivity (Wildman–Crippen MR) is 83.4 cm³/mol. The van der Waals surface area contributed by atoms with Crippen molar-refractivity contribution >= 4 is 11.9 Å². The highest BCUT2D eigenvalue weighted by molar-refractivity contribution is 5.90. The minimum Gasteiger partial charge on any atom is -0.550 e. The molecule has 0 aromatic heterocycles. The molecule has 4 bridgehead atoms. The van der Waals surface area contributed by atoms with Crippen molar-refractivity contribution in [3.8, 4) is 0 Å². The van der Waals surface area contributed by atoms with Gasteiger partial charge in [-0.3, -0.25) is 4.79 Å². The van der Waals surface area contributed by atoms with Gasteiger partial charge in [0, 0.05) is 18.4 Å². The lowest BCUT2D eigenvalue weighted by atomic mass is 9.49. The van der Waals surface area contributed by atoms with Gasteiger partial charge in [0.1, 0.15) is 5.60 Å². The first-order valence-electron chi connectivity index (χ1n) is 8.89. The molecule has 5 nitrogen and oxygen atoms in total. The Morgan fingerprint density at radius 3 is 2.92 bits per heavy atom. The molecule has 128 valence electrons. The van der Waals surface area contributed by atoms with E-state index in [1.807, 2.05) is 11.0 Å². The zero-order chi connectivity index (χ0) is 16.9. The van der Waals surface area contributed by atoms with Crippen LogP contribution in [0.5, 0.6) is 0 Å². The van der Waals surface area contributed by atoms with Gasteiger partial charge in [0.2, 0.25) is 5.91 Å². The zero-order valence-corrected chi connectivity index (χ0v) is 14.0. The van der Waals surface area contributed by atoms with E-state index in [-0.39, 0.29) is 5.91 Å². The number of rotatable bonds is 3. The number of aliphatic carboxylic acids is 1. The van der Waals surface area contributed by atoms with E-state index in [9.17, 15) is 14.7 Å². The first-order valence-corrected chi connectivity index (χ1v) is 8.89. The van der Waals surface area contributed by atoms with Gasteiger partial charge in [-0.05, 0) is 30.1 Å². The number of amides is 1. The van der Waals surface area contributed by atoms with E-state index >= 15 is 0 Å². The molecular weight excluding hydrogens is 306 g/mol. The lowest BCUT2D eigenvalue weighted by Crippen LogP contribution is -2.50. The van der Waals surface area contributed by atoms with Gasteiger partial charge < -0.3 is 19.5 Å². The van der Waals surface area contributed by atoms with Crippen LogP contribution in [0, 0.1) is 29.1 Å². The topological polar surface area (TPSA) is 69.7 Å². The van der Waals surface area contributed by atoms with Crippen molar-refractivity contribution in [1.82, 2.24) is 4.90 Å². The second-order valence-corrected chi connectivity index (χ2v) is 8.73. The summed E-state index contributed by atoms with van der Waals surface area (Å²) in [7, 11) is 0. The second kappa shape index (κ2) is 4.31. The third-order valence-corrected chi connectivity index (χ3v) is 7.41. The van der Waals surface area contributed by atoms with Crippen LogP contribution in [0.2, 0.25) is 0 Å². The molecule has 24 heavy (non-hydrogen) atoms. The Balaban J connectivity index is 1.40. The van der Waals surface area contributed by atoms with Crippen LogP contribution in [0.1, 0.15) is 26.7 Å². The number of ether oxygens (including phenoxy) is 1. The van der Waals surface area contributed by atoms with Crippen LogP contribution < -0.4 is 5.11 Å². The highest BCUT2D eigenvalue weighted by Gasteiger charge is 2.65. The second-order valence-electron chi connectivity index (χ2n) is 8.73. The van der Waals surface area contributed by atoms with Gasteiger partial charge in [0.25, 0.3) is 0 Å². The summed E-state index contributed by atoms with van der Waals surface area (Å²) in [6.45, 7) is 5.70. The predicted octanol–water partition coefficient (Wildman–Crippen LogP) is 0.511. The molecule has 3 aliphatic carbocycles. The number of fused-ring (bicyclic) bond motifs is 2. The SMILES string of the molecule is CC1(C)[C@H]2CC=C(CN3C[C@@]45C=C[C@H](O4)[C@H](C(=O)[O-])[C@H]5C3=O)[C@@H]1C2. The summed E-state index contributed by atoms with van der Waals surface area (Å²) in [6.07, 6.45) is 7.79. The van der Waals surface area contributed by atoms with E-state index in [4.69, 9.17) is 4.74 Å². The monoisotopic (exact) mass is 328 g/mol. The highest BCUT2D eigenvalue weighted by atomic mass is 16.5. The van der Waals surface area contributed by atoms with Crippen LogP contribution in [0.3, 0.4) is 0 Å². The van der Waals surface area contributed by atoms with E-state index in [0.29, 0.717) is 24.4 Å². The fraction of sp³-hybridized carbons (Fsp3) is 0.684. The van der Waals surface area contributed by atoms with Gasteiger partial charge in [-0.15, -0.1) is 0 Å². The maximum Gasteiger partial charge on any atom is 0.230 e. The van der Waals surface area contributed by atoms with E-state index < -0.39 is 29.5 Å². The van der Waals surface area contributed by atoms with Crippen molar-refractivity contribution in [1.29, 1.82) is 0 Å². The fourth-order valence-electron chi connectivity index (χ4n) is 5.86. The smallest absolute Gasteiger partial charge is 0.230 e. The Labute approximate surface area is 141 Å². The number of likely N-dealkylation sites (tertiary alicyclic amines) is 1. The zero-order valence-electron chi connectivity index (χ0n) is 14.0. The van der Waals surface area contributed by atoms with Gasteiger partial charge in [0.15, 0.2) is 0 Å². The largest absolute Gasteiger partial charge is 0.550 e. The Hall–Kier alpha value is -1.62. The van der Waals surface area contributed by atoms with Crippen LogP contribution in [-0.2, 0) is 14.3 Å². The lowest BCUT2D eigenvalue weighted by Gasteiger charge is -2.56. The van der Waals surface area contributed by atoms with E-state index in [0.717, 1.165) is 12.3 Å². The molecule has 3 fully saturated rings. The van der Waals surface area contributed by atoms with E-state index in [1.54, 1.807) is 6.08 Å². The number of hydrogen-bond donors (Lipinski definition) is 0. The summed E-state index contributed by atoms with van der Waals surface area (Å²) < 4.78 is 5.91. The third kappa shape index (κ3) is 1.59. The molecular formula is C19H22NO4-. The van der Waals surface area contributed by atoms with Crippen LogP contribution in [0.4, 0.5) is 0 Å². The maximum atomic E-state index is 12.9. The van der Waals surface area contributed by atoms with Crippen LogP contribution in [0.25, 0.3) is 0 Å². The molecule has 1 amide bonds. The van der Waals surface area contributed by atoms with Gasteiger partial charge in [-0.1, -0.05) is 37.6 Å². The lowest BCUT2D eigenvalue weighted by molar-refractivity contribution is -0.313. The molecule has 3 aliphatic heterocycles. The molecule has 5 heteroatoms. The number of carboxylic acids is 1.